The number of nitrogens with zero attached hydrogens (tertiary/aromatic N) is 5. The Hall–Kier alpha value is -1.14. The van der Waals surface area contributed by atoms with E-state index in [1.54, 1.807) is 0 Å². The summed E-state index contributed by atoms with van der Waals surface area (Å²) in [6.45, 7) is 10.3. The molecule has 1 aliphatic rings. The molecule has 118 valence electrons. The maximum atomic E-state index is 6.05. The zero-order valence-electron chi connectivity index (χ0n) is 13.3. The molecule has 6 nitrogen and oxygen atoms in total. The van der Waals surface area contributed by atoms with Crippen molar-refractivity contribution in [1.29, 1.82) is 0 Å². The molecule has 2 rings (SSSR count). The molecule has 7 heteroatoms. The van der Waals surface area contributed by atoms with Crippen LogP contribution < -0.4 is 10.2 Å². The Morgan fingerprint density at radius 1 is 1.29 bits per heavy atom. The van der Waals surface area contributed by atoms with E-state index in [9.17, 15) is 0 Å². The zero-order valence-corrected chi connectivity index (χ0v) is 14.1. The smallest absolute Gasteiger partial charge is 0.231 e. The van der Waals surface area contributed by atoms with Crippen LogP contribution in [0, 0.1) is 5.92 Å². The molecular weight excluding hydrogens is 288 g/mol. The molecule has 1 aromatic rings. The van der Waals surface area contributed by atoms with Gasteiger partial charge in [0.15, 0.2) is 0 Å². The van der Waals surface area contributed by atoms with Crippen molar-refractivity contribution in [2.24, 2.45) is 5.92 Å². The van der Waals surface area contributed by atoms with Crippen LogP contribution in [0.3, 0.4) is 0 Å². The van der Waals surface area contributed by atoms with E-state index < -0.39 is 0 Å². The number of aromatic nitrogens is 3. The molecule has 0 spiro atoms. The van der Waals surface area contributed by atoms with Crippen molar-refractivity contribution in [3.63, 3.8) is 0 Å². The average Bonchev–Trinajstić information content (AvgIpc) is 2.43. The summed E-state index contributed by atoms with van der Waals surface area (Å²) in [5.41, 5.74) is 0. The standard InChI is InChI=1S/C14H25ClN6/c1-5-21(6-2)14-18-12(15)17-13(19-14)16-11-7-8-20(4)9-10(11)3/h10-11H,5-9H2,1-4H3,(H,16,17,18,19). The molecule has 2 atom stereocenters. The molecule has 0 aromatic carbocycles. The van der Waals surface area contributed by atoms with Gasteiger partial charge in [-0.05, 0) is 51.4 Å². The number of hydrogen-bond acceptors (Lipinski definition) is 6. The monoisotopic (exact) mass is 312 g/mol. The molecule has 0 saturated carbocycles. The van der Waals surface area contributed by atoms with Crippen LogP contribution in [0.2, 0.25) is 5.28 Å². The Labute approximate surface area is 131 Å². The van der Waals surface area contributed by atoms with E-state index in [2.05, 4.69) is 57.9 Å². The van der Waals surface area contributed by atoms with E-state index >= 15 is 0 Å². The third kappa shape index (κ3) is 4.17. The first-order valence-electron chi connectivity index (χ1n) is 7.65. The number of halogens is 1. The lowest BCUT2D eigenvalue weighted by Gasteiger charge is -2.35. The van der Waals surface area contributed by atoms with E-state index in [1.807, 2.05) is 0 Å². The van der Waals surface area contributed by atoms with E-state index in [0.29, 0.717) is 23.9 Å². The van der Waals surface area contributed by atoms with E-state index in [0.717, 1.165) is 32.6 Å². The maximum Gasteiger partial charge on any atom is 0.231 e. The lowest BCUT2D eigenvalue weighted by atomic mass is 9.94. The van der Waals surface area contributed by atoms with Crippen molar-refractivity contribution >= 4 is 23.5 Å². The molecule has 2 heterocycles. The summed E-state index contributed by atoms with van der Waals surface area (Å²) in [5, 5.41) is 3.68. The minimum Gasteiger partial charge on any atom is -0.351 e. The summed E-state index contributed by atoms with van der Waals surface area (Å²) in [6.07, 6.45) is 1.08. The molecule has 1 saturated heterocycles. The van der Waals surface area contributed by atoms with Gasteiger partial charge in [-0.2, -0.15) is 15.0 Å². The molecule has 2 unspecified atom stereocenters. The van der Waals surface area contributed by atoms with Gasteiger partial charge in [0.05, 0.1) is 0 Å². The van der Waals surface area contributed by atoms with E-state index in [1.165, 1.54) is 0 Å². The first-order chi connectivity index (χ1) is 10.0. The second kappa shape index (κ2) is 7.22. The molecular formula is C14H25ClN6. The van der Waals surface area contributed by atoms with Crippen molar-refractivity contribution in [2.45, 2.75) is 33.2 Å². The van der Waals surface area contributed by atoms with Crippen LogP contribution in [0.4, 0.5) is 11.9 Å². The number of anilines is 2. The van der Waals surface area contributed by atoms with Gasteiger partial charge in [-0.1, -0.05) is 6.92 Å². The van der Waals surface area contributed by atoms with Gasteiger partial charge >= 0.3 is 0 Å². The Morgan fingerprint density at radius 3 is 2.62 bits per heavy atom. The molecule has 1 N–H and O–H groups in total. The Bertz CT molecular complexity index is 465. The van der Waals surface area contributed by atoms with Crippen LogP contribution in [-0.2, 0) is 0 Å². The van der Waals surface area contributed by atoms with Gasteiger partial charge in [0.1, 0.15) is 0 Å². The van der Waals surface area contributed by atoms with Gasteiger partial charge in [0.2, 0.25) is 17.2 Å². The molecule has 0 amide bonds. The molecule has 1 aliphatic heterocycles. The van der Waals surface area contributed by atoms with Crippen LogP contribution in [0.5, 0.6) is 0 Å². The normalized spacial score (nSPS) is 23.1. The molecule has 0 bridgehead atoms. The average molecular weight is 313 g/mol. The predicted octanol–water partition coefficient (Wildman–Crippen LogP) is 2.12. The summed E-state index contributed by atoms with van der Waals surface area (Å²) < 4.78 is 0. The van der Waals surface area contributed by atoms with Crippen molar-refractivity contribution < 1.29 is 0 Å². The Morgan fingerprint density at radius 2 is 2.00 bits per heavy atom. The summed E-state index contributed by atoms with van der Waals surface area (Å²) in [7, 11) is 2.16. The number of rotatable bonds is 5. The number of nitrogens with one attached hydrogen (secondary N) is 1. The summed E-state index contributed by atoms with van der Waals surface area (Å²) in [6, 6.07) is 0.379. The highest BCUT2D eigenvalue weighted by Gasteiger charge is 2.25. The predicted molar refractivity (Wildman–Crippen MR) is 87.1 cm³/mol. The zero-order chi connectivity index (χ0) is 15.4. The number of piperidine rings is 1. The van der Waals surface area contributed by atoms with Gasteiger partial charge in [-0.15, -0.1) is 0 Å². The first-order valence-corrected chi connectivity index (χ1v) is 8.02. The van der Waals surface area contributed by atoms with Crippen LogP contribution in [0.15, 0.2) is 0 Å². The highest BCUT2D eigenvalue weighted by atomic mass is 35.5. The second-order valence-electron chi connectivity index (χ2n) is 5.68. The number of likely N-dealkylation sites (tertiary alicyclic amines) is 1. The van der Waals surface area contributed by atoms with Crippen LogP contribution in [0.25, 0.3) is 0 Å². The lowest BCUT2D eigenvalue weighted by molar-refractivity contribution is 0.206. The minimum absolute atomic E-state index is 0.245. The van der Waals surface area contributed by atoms with Crippen molar-refractivity contribution in [3.05, 3.63) is 5.28 Å². The third-order valence-corrected chi connectivity index (χ3v) is 4.23. The summed E-state index contributed by atoms with van der Waals surface area (Å²) in [5.74, 6) is 1.78. The molecule has 0 radical (unpaired) electrons. The highest BCUT2D eigenvalue weighted by Crippen LogP contribution is 2.20. The van der Waals surface area contributed by atoms with Crippen LogP contribution >= 0.6 is 11.6 Å². The van der Waals surface area contributed by atoms with Gasteiger partial charge in [0, 0.05) is 25.7 Å². The third-order valence-electron chi connectivity index (χ3n) is 4.07. The Balaban J connectivity index is 2.12. The lowest BCUT2D eigenvalue weighted by Crippen LogP contribution is -2.43. The van der Waals surface area contributed by atoms with E-state index in [-0.39, 0.29) is 5.28 Å². The van der Waals surface area contributed by atoms with Gasteiger partial charge in [-0.3, -0.25) is 0 Å². The molecule has 1 aromatic heterocycles. The first kappa shape index (κ1) is 16.2. The quantitative estimate of drug-likeness (QED) is 0.899. The maximum absolute atomic E-state index is 6.05. The van der Waals surface area contributed by atoms with Crippen LogP contribution in [-0.4, -0.2) is 59.1 Å². The SMILES string of the molecule is CCN(CC)c1nc(Cl)nc(NC2CCN(C)CC2C)n1. The van der Waals surface area contributed by atoms with Crippen LogP contribution in [0.1, 0.15) is 27.2 Å². The fraction of sp³-hybridized carbons (Fsp3) is 0.786. The van der Waals surface area contributed by atoms with Gasteiger partial charge < -0.3 is 15.1 Å². The second-order valence-corrected chi connectivity index (χ2v) is 6.02. The van der Waals surface area contributed by atoms with Crippen molar-refractivity contribution in [1.82, 2.24) is 19.9 Å². The van der Waals surface area contributed by atoms with Crippen molar-refractivity contribution in [3.8, 4) is 0 Å². The summed E-state index contributed by atoms with van der Waals surface area (Å²) in [4.78, 5) is 17.4. The largest absolute Gasteiger partial charge is 0.351 e. The summed E-state index contributed by atoms with van der Waals surface area (Å²) >= 11 is 6.05. The van der Waals surface area contributed by atoms with E-state index in [4.69, 9.17) is 11.6 Å². The Kier molecular flexibility index (Phi) is 5.58. The molecule has 21 heavy (non-hydrogen) atoms. The number of hydrogen-bond donors (Lipinski definition) is 1. The fourth-order valence-electron chi connectivity index (χ4n) is 2.79. The molecule has 1 fully saturated rings. The van der Waals surface area contributed by atoms with Gasteiger partial charge in [0.25, 0.3) is 0 Å². The topological polar surface area (TPSA) is 57.2 Å². The molecule has 0 aliphatic carbocycles. The fourth-order valence-corrected chi connectivity index (χ4v) is 2.94. The van der Waals surface area contributed by atoms with Gasteiger partial charge in [-0.25, -0.2) is 0 Å². The van der Waals surface area contributed by atoms with Crippen molar-refractivity contribution in [2.75, 3.05) is 43.4 Å². The minimum atomic E-state index is 0.245. The highest BCUT2D eigenvalue weighted by molar-refractivity contribution is 6.28.